The van der Waals surface area contributed by atoms with Crippen molar-refractivity contribution < 1.29 is 14.3 Å². The quantitative estimate of drug-likeness (QED) is 0.255. The Morgan fingerprint density at radius 2 is 1.69 bits per heavy atom. The second kappa shape index (κ2) is 13.3. The van der Waals surface area contributed by atoms with Gasteiger partial charge in [-0.15, -0.1) is 0 Å². The standard InChI is InChI=1S/C23H34O3/c1-4-7-17-23(19-14-11-15-20-23)18-13-10-8-9-12-16-21(25-5-2)22(24)26-6-3/h7,9,12-15,17-21H,4-6,8,10-11,16H2,1-3H3/b12-9+,17-7-,18-13-. The Balaban J connectivity index is 2.44. The molecule has 0 aromatic rings. The van der Waals surface area contributed by atoms with Gasteiger partial charge in [0.2, 0.25) is 0 Å². The average Bonchev–Trinajstić information content (AvgIpc) is 2.66. The molecule has 0 bridgehead atoms. The first-order valence-electron chi connectivity index (χ1n) is 9.81. The molecule has 3 heteroatoms. The van der Waals surface area contributed by atoms with E-state index in [-0.39, 0.29) is 11.4 Å². The number of carbonyl (C=O) groups excluding carboxylic acids is 1. The van der Waals surface area contributed by atoms with E-state index >= 15 is 0 Å². The summed E-state index contributed by atoms with van der Waals surface area (Å²) in [6.07, 6.45) is 26.1. The van der Waals surface area contributed by atoms with Crippen LogP contribution in [0.25, 0.3) is 0 Å². The van der Waals surface area contributed by atoms with Gasteiger partial charge in [0.25, 0.3) is 0 Å². The van der Waals surface area contributed by atoms with Crippen LogP contribution in [0.15, 0.2) is 60.8 Å². The largest absolute Gasteiger partial charge is 0.464 e. The van der Waals surface area contributed by atoms with E-state index in [1.54, 1.807) is 0 Å². The van der Waals surface area contributed by atoms with E-state index in [4.69, 9.17) is 9.47 Å². The van der Waals surface area contributed by atoms with Gasteiger partial charge in [0, 0.05) is 18.4 Å². The molecule has 1 unspecified atom stereocenters. The van der Waals surface area contributed by atoms with E-state index in [1.807, 2.05) is 19.9 Å². The number of rotatable bonds is 12. The lowest BCUT2D eigenvalue weighted by atomic mass is 9.83. The molecular weight excluding hydrogens is 324 g/mol. The van der Waals surface area contributed by atoms with E-state index in [0.717, 1.165) is 25.7 Å². The smallest absolute Gasteiger partial charge is 0.335 e. The molecule has 0 heterocycles. The monoisotopic (exact) mass is 358 g/mol. The SMILES string of the molecule is CC/C=C\C1(/C=C\CC/C=C/CC(OCC)C(=O)OCC)C=CCC=C1. The first kappa shape index (κ1) is 22.2. The minimum Gasteiger partial charge on any atom is -0.464 e. The summed E-state index contributed by atoms with van der Waals surface area (Å²) in [6.45, 7) is 6.74. The van der Waals surface area contributed by atoms with Crippen molar-refractivity contribution in [1.82, 2.24) is 0 Å². The fourth-order valence-electron chi connectivity index (χ4n) is 2.76. The van der Waals surface area contributed by atoms with Gasteiger partial charge in [0.05, 0.1) is 6.61 Å². The van der Waals surface area contributed by atoms with E-state index in [2.05, 4.69) is 61.6 Å². The minimum absolute atomic E-state index is 0.0675. The van der Waals surface area contributed by atoms with Crippen molar-refractivity contribution in [3.63, 3.8) is 0 Å². The summed E-state index contributed by atoms with van der Waals surface area (Å²) in [5.41, 5.74) is -0.0675. The van der Waals surface area contributed by atoms with Crippen LogP contribution < -0.4 is 0 Å². The van der Waals surface area contributed by atoms with Crippen LogP contribution in [-0.4, -0.2) is 25.3 Å². The van der Waals surface area contributed by atoms with Gasteiger partial charge in [-0.25, -0.2) is 4.79 Å². The molecule has 0 aromatic heterocycles. The molecule has 1 atom stereocenters. The lowest BCUT2D eigenvalue weighted by Crippen LogP contribution is -2.26. The summed E-state index contributed by atoms with van der Waals surface area (Å²) < 4.78 is 10.5. The number of hydrogen-bond donors (Lipinski definition) is 0. The molecule has 0 saturated heterocycles. The zero-order valence-electron chi connectivity index (χ0n) is 16.5. The lowest BCUT2D eigenvalue weighted by Gasteiger charge is -2.21. The Hall–Kier alpha value is -1.87. The van der Waals surface area contributed by atoms with Crippen LogP contribution in [0.5, 0.6) is 0 Å². The summed E-state index contributed by atoms with van der Waals surface area (Å²) in [5, 5.41) is 0. The van der Waals surface area contributed by atoms with E-state index in [0.29, 0.717) is 19.6 Å². The highest BCUT2D eigenvalue weighted by molar-refractivity contribution is 5.74. The minimum atomic E-state index is -0.494. The van der Waals surface area contributed by atoms with Crippen molar-refractivity contribution in [3.8, 4) is 0 Å². The van der Waals surface area contributed by atoms with Gasteiger partial charge < -0.3 is 9.47 Å². The second-order valence-electron chi connectivity index (χ2n) is 6.23. The zero-order valence-corrected chi connectivity index (χ0v) is 16.5. The molecule has 1 aliphatic rings. The maximum Gasteiger partial charge on any atom is 0.335 e. The van der Waals surface area contributed by atoms with Crippen LogP contribution in [0.1, 0.15) is 52.9 Å². The molecule has 0 radical (unpaired) electrons. The molecule has 0 fully saturated rings. The van der Waals surface area contributed by atoms with Crippen LogP contribution in [0.3, 0.4) is 0 Å². The topological polar surface area (TPSA) is 35.5 Å². The Morgan fingerprint density at radius 1 is 1.00 bits per heavy atom. The van der Waals surface area contributed by atoms with Gasteiger partial charge in [0.15, 0.2) is 6.10 Å². The first-order chi connectivity index (χ1) is 12.7. The highest BCUT2D eigenvalue weighted by atomic mass is 16.6. The molecule has 3 nitrogen and oxygen atoms in total. The van der Waals surface area contributed by atoms with E-state index < -0.39 is 6.10 Å². The summed E-state index contributed by atoms with van der Waals surface area (Å²) in [7, 11) is 0. The highest BCUT2D eigenvalue weighted by Crippen LogP contribution is 2.29. The van der Waals surface area contributed by atoms with Crippen molar-refractivity contribution in [2.45, 2.75) is 59.0 Å². The second-order valence-corrected chi connectivity index (χ2v) is 6.23. The van der Waals surface area contributed by atoms with E-state index in [9.17, 15) is 4.79 Å². The van der Waals surface area contributed by atoms with Gasteiger partial charge in [-0.2, -0.15) is 0 Å². The molecule has 0 amide bonds. The molecule has 1 rings (SSSR count). The normalized spacial score (nSPS) is 17.5. The van der Waals surface area contributed by atoms with Crippen LogP contribution in [0.4, 0.5) is 0 Å². The van der Waals surface area contributed by atoms with Crippen molar-refractivity contribution >= 4 is 5.97 Å². The summed E-state index contributed by atoms with van der Waals surface area (Å²) in [5.74, 6) is -0.278. The molecule has 0 spiro atoms. The molecule has 26 heavy (non-hydrogen) atoms. The maximum absolute atomic E-state index is 11.8. The van der Waals surface area contributed by atoms with Gasteiger partial charge >= 0.3 is 5.97 Å². The summed E-state index contributed by atoms with van der Waals surface area (Å²) in [4.78, 5) is 11.8. The third-order valence-electron chi connectivity index (χ3n) is 4.07. The van der Waals surface area contributed by atoms with Crippen molar-refractivity contribution in [3.05, 3.63) is 60.8 Å². The molecule has 144 valence electrons. The zero-order chi connectivity index (χ0) is 19.1. The average molecular weight is 359 g/mol. The fourth-order valence-corrected chi connectivity index (χ4v) is 2.76. The first-order valence-corrected chi connectivity index (χ1v) is 9.81. The Morgan fingerprint density at radius 3 is 2.35 bits per heavy atom. The lowest BCUT2D eigenvalue weighted by molar-refractivity contribution is -0.156. The molecule has 1 aliphatic carbocycles. The number of ether oxygens (including phenoxy) is 2. The third-order valence-corrected chi connectivity index (χ3v) is 4.07. The van der Waals surface area contributed by atoms with E-state index in [1.165, 1.54) is 0 Å². The molecular formula is C23H34O3. The van der Waals surface area contributed by atoms with Crippen LogP contribution in [0.2, 0.25) is 0 Å². The molecule has 0 aliphatic heterocycles. The van der Waals surface area contributed by atoms with Crippen LogP contribution in [0, 0.1) is 5.41 Å². The molecule has 0 saturated carbocycles. The fraction of sp³-hybridized carbons (Fsp3) is 0.522. The Kier molecular flexibility index (Phi) is 11.4. The van der Waals surface area contributed by atoms with Crippen LogP contribution in [-0.2, 0) is 14.3 Å². The maximum atomic E-state index is 11.8. The van der Waals surface area contributed by atoms with Crippen molar-refractivity contribution in [2.75, 3.05) is 13.2 Å². The third kappa shape index (κ3) is 8.48. The molecule has 0 aromatic carbocycles. The summed E-state index contributed by atoms with van der Waals surface area (Å²) >= 11 is 0. The van der Waals surface area contributed by atoms with Gasteiger partial charge in [0.1, 0.15) is 0 Å². The number of unbranched alkanes of at least 4 members (excludes halogenated alkanes) is 1. The number of esters is 1. The van der Waals surface area contributed by atoms with Crippen LogP contribution >= 0.6 is 0 Å². The number of hydrogen-bond acceptors (Lipinski definition) is 3. The van der Waals surface area contributed by atoms with Gasteiger partial charge in [-0.1, -0.05) is 67.7 Å². The van der Waals surface area contributed by atoms with Gasteiger partial charge in [-0.3, -0.25) is 0 Å². The predicted molar refractivity (Wildman–Crippen MR) is 109 cm³/mol. The summed E-state index contributed by atoms with van der Waals surface area (Å²) in [6, 6.07) is 0. The Labute approximate surface area is 159 Å². The van der Waals surface area contributed by atoms with Crippen molar-refractivity contribution in [2.24, 2.45) is 5.41 Å². The predicted octanol–water partition coefficient (Wildman–Crippen LogP) is 5.71. The highest BCUT2D eigenvalue weighted by Gasteiger charge is 2.18. The van der Waals surface area contributed by atoms with Crippen molar-refractivity contribution in [1.29, 1.82) is 0 Å². The Bertz CT molecular complexity index is 526. The number of carbonyl (C=O) groups is 1. The number of allylic oxidation sites excluding steroid dienone is 9. The van der Waals surface area contributed by atoms with Gasteiger partial charge in [-0.05, 0) is 39.5 Å². The molecule has 0 N–H and O–H groups in total.